The highest BCUT2D eigenvalue weighted by Crippen LogP contribution is 2.22. The number of amides is 2. The van der Waals surface area contributed by atoms with E-state index in [1.54, 1.807) is 6.07 Å². The van der Waals surface area contributed by atoms with E-state index < -0.39 is 24.1 Å². The Hall–Kier alpha value is -2.09. The molecule has 0 bridgehead atoms. The second kappa shape index (κ2) is 9.27. The first-order valence-electron chi connectivity index (χ1n) is 8.04. The summed E-state index contributed by atoms with van der Waals surface area (Å²) in [6.07, 6.45) is 1.71. The van der Waals surface area contributed by atoms with Crippen molar-refractivity contribution >= 4 is 12.0 Å². The minimum atomic E-state index is -1.46. The lowest BCUT2D eigenvalue weighted by Gasteiger charge is -2.23. The van der Waals surface area contributed by atoms with Gasteiger partial charge in [0.1, 0.15) is 0 Å². The number of nitrogens with one attached hydrogen (secondary N) is 2. The minimum absolute atomic E-state index is 0.0830. The van der Waals surface area contributed by atoms with Crippen molar-refractivity contribution in [3.63, 3.8) is 0 Å². The molecular weight excluding hydrogens is 314 g/mol. The molecule has 2 amide bonds. The van der Waals surface area contributed by atoms with Crippen molar-refractivity contribution in [2.45, 2.75) is 65.1 Å². The molecule has 0 aliphatic rings. The van der Waals surface area contributed by atoms with Crippen LogP contribution in [0.1, 0.15) is 52.2 Å². The van der Waals surface area contributed by atoms with Crippen molar-refractivity contribution in [1.29, 1.82) is 0 Å². The van der Waals surface area contributed by atoms with Gasteiger partial charge >= 0.3 is 6.09 Å². The molecule has 0 aromatic carbocycles. The lowest BCUT2D eigenvalue weighted by molar-refractivity contribution is -0.131. The van der Waals surface area contributed by atoms with Gasteiger partial charge in [-0.2, -0.15) is 0 Å². The molecule has 1 aromatic heterocycles. The van der Waals surface area contributed by atoms with Crippen LogP contribution in [-0.2, 0) is 11.3 Å². The monoisotopic (exact) mass is 341 g/mol. The van der Waals surface area contributed by atoms with Gasteiger partial charge < -0.3 is 25.4 Å². The molecular formula is C16H27N3O5. The van der Waals surface area contributed by atoms with Crippen LogP contribution in [-0.4, -0.2) is 39.5 Å². The molecule has 0 radical (unpaired) electrons. The van der Waals surface area contributed by atoms with Gasteiger partial charge in [0.2, 0.25) is 0 Å². The number of rotatable bonds is 9. The second-order valence-electron chi connectivity index (χ2n) is 7.00. The summed E-state index contributed by atoms with van der Waals surface area (Å²) in [7, 11) is 0. The van der Waals surface area contributed by atoms with Gasteiger partial charge in [0.15, 0.2) is 11.9 Å². The fourth-order valence-corrected chi connectivity index (χ4v) is 2.28. The van der Waals surface area contributed by atoms with E-state index in [4.69, 9.17) is 9.63 Å². The average Bonchev–Trinajstić information content (AvgIpc) is 2.99. The van der Waals surface area contributed by atoms with Crippen LogP contribution >= 0.6 is 0 Å². The van der Waals surface area contributed by atoms with Crippen molar-refractivity contribution in [3.05, 3.63) is 18.0 Å². The first kappa shape index (κ1) is 20.0. The van der Waals surface area contributed by atoms with Crippen LogP contribution < -0.4 is 10.6 Å². The molecule has 1 aromatic rings. The largest absolute Gasteiger partial charge is 0.465 e. The molecule has 0 fully saturated rings. The van der Waals surface area contributed by atoms with Gasteiger partial charge in [0.25, 0.3) is 5.91 Å². The quantitative estimate of drug-likeness (QED) is 0.508. The molecule has 8 heteroatoms. The lowest BCUT2D eigenvalue weighted by atomic mass is 9.89. The molecule has 0 saturated heterocycles. The van der Waals surface area contributed by atoms with Crippen LogP contribution in [0.4, 0.5) is 4.79 Å². The number of unbranched alkanes of at least 4 members (excludes halogenated alkanes) is 1. The van der Waals surface area contributed by atoms with Gasteiger partial charge in [-0.05, 0) is 18.3 Å². The highest BCUT2D eigenvalue weighted by molar-refractivity contribution is 5.82. The van der Waals surface area contributed by atoms with Gasteiger partial charge in [-0.3, -0.25) is 4.79 Å². The number of hydrogen-bond acceptors (Lipinski definition) is 5. The fraction of sp³-hybridized carbons (Fsp3) is 0.688. The van der Waals surface area contributed by atoms with E-state index >= 15 is 0 Å². The Labute approximate surface area is 141 Å². The molecule has 0 spiro atoms. The maximum absolute atomic E-state index is 12.0. The Bertz CT molecular complexity index is 510. The summed E-state index contributed by atoms with van der Waals surface area (Å²) in [5.41, 5.74) is 0.197. The molecule has 4 N–H and O–H groups in total. The molecule has 0 aliphatic carbocycles. The third kappa shape index (κ3) is 7.96. The Morgan fingerprint density at radius 2 is 2.04 bits per heavy atom. The molecule has 0 saturated carbocycles. The van der Waals surface area contributed by atoms with Gasteiger partial charge in [0.05, 0.1) is 18.8 Å². The van der Waals surface area contributed by atoms with Crippen LogP contribution in [0, 0.1) is 5.41 Å². The fourth-order valence-electron chi connectivity index (χ4n) is 2.28. The average molecular weight is 341 g/mol. The molecule has 1 rings (SSSR count). The minimum Gasteiger partial charge on any atom is -0.465 e. The van der Waals surface area contributed by atoms with E-state index in [2.05, 4.69) is 36.6 Å². The van der Waals surface area contributed by atoms with Gasteiger partial charge in [0, 0.05) is 6.07 Å². The van der Waals surface area contributed by atoms with E-state index in [1.807, 2.05) is 0 Å². The molecule has 0 unspecified atom stereocenters. The van der Waals surface area contributed by atoms with E-state index in [0.717, 1.165) is 12.8 Å². The third-order valence-electron chi connectivity index (χ3n) is 3.58. The standard InChI is InChI=1S/C16H27N3O5/c1-16(2,3)8-5-4-6-12(19-15(22)23)13(20)14(21)17-10-11-7-9-18-24-11/h7,9,12-13,19-20H,4-6,8,10H2,1-3H3,(H,17,21)(H,22,23)/t12-,13+/m0/s1. The van der Waals surface area contributed by atoms with Crippen LogP contribution in [0.5, 0.6) is 0 Å². The van der Waals surface area contributed by atoms with Crippen molar-refractivity contribution in [2.24, 2.45) is 5.41 Å². The molecule has 0 aliphatic heterocycles. The van der Waals surface area contributed by atoms with E-state index in [0.29, 0.717) is 18.6 Å². The first-order chi connectivity index (χ1) is 11.2. The zero-order valence-corrected chi connectivity index (χ0v) is 14.4. The summed E-state index contributed by atoms with van der Waals surface area (Å²) in [4.78, 5) is 22.9. The molecule has 136 valence electrons. The molecule has 2 atom stereocenters. The topological polar surface area (TPSA) is 125 Å². The number of carbonyl (C=O) groups is 2. The number of nitrogens with zero attached hydrogens (tertiary/aromatic N) is 1. The summed E-state index contributed by atoms with van der Waals surface area (Å²) in [6.45, 7) is 6.48. The number of aliphatic hydroxyl groups is 1. The van der Waals surface area contributed by atoms with Gasteiger partial charge in [-0.25, -0.2) is 4.79 Å². The number of hydrogen-bond donors (Lipinski definition) is 4. The predicted molar refractivity (Wildman–Crippen MR) is 87.2 cm³/mol. The van der Waals surface area contributed by atoms with Crippen molar-refractivity contribution in [2.75, 3.05) is 0 Å². The van der Waals surface area contributed by atoms with Crippen LogP contribution in [0.3, 0.4) is 0 Å². The molecule has 24 heavy (non-hydrogen) atoms. The van der Waals surface area contributed by atoms with E-state index in [1.165, 1.54) is 6.20 Å². The van der Waals surface area contributed by atoms with Crippen molar-refractivity contribution in [1.82, 2.24) is 15.8 Å². The normalized spacial score (nSPS) is 14.0. The zero-order chi connectivity index (χ0) is 18.2. The highest BCUT2D eigenvalue weighted by Gasteiger charge is 2.27. The predicted octanol–water partition coefficient (Wildman–Crippen LogP) is 1.89. The Morgan fingerprint density at radius 1 is 1.33 bits per heavy atom. The van der Waals surface area contributed by atoms with Gasteiger partial charge in [-0.1, -0.05) is 38.8 Å². The highest BCUT2D eigenvalue weighted by atomic mass is 16.5. The molecule has 8 nitrogen and oxygen atoms in total. The number of aliphatic hydroxyl groups excluding tert-OH is 1. The maximum atomic E-state index is 12.0. The second-order valence-corrected chi connectivity index (χ2v) is 7.00. The number of aromatic nitrogens is 1. The van der Waals surface area contributed by atoms with Crippen LogP contribution in [0.2, 0.25) is 0 Å². The lowest BCUT2D eigenvalue weighted by Crippen LogP contribution is -2.50. The summed E-state index contributed by atoms with van der Waals surface area (Å²) in [5, 5.41) is 27.3. The maximum Gasteiger partial charge on any atom is 0.404 e. The van der Waals surface area contributed by atoms with Crippen molar-refractivity contribution < 1.29 is 24.3 Å². The Kier molecular flexibility index (Phi) is 7.70. The summed E-state index contributed by atoms with van der Waals surface area (Å²) in [5.74, 6) is -0.204. The summed E-state index contributed by atoms with van der Waals surface area (Å²) >= 11 is 0. The molecule has 1 heterocycles. The van der Waals surface area contributed by atoms with E-state index in [-0.39, 0.29) is 12.0 Å². The summed E-state index contributed by atoms with van der Waals surface area (Å²) in [6, 6.07) is 0.740. The summed E-state index contributed by atoms with van der Waals surface area (Å²) < 4.78 is 4.84. The number of carboxylic acid groups (broad SMARTS) is 1. The Balaban J connectivity index is 2.48. The zero-order valence-electron chi connectivity index (χ0n) is 14.4. The van der Waals surface area contributed by atoms with Gasteiger partial charge in [-0.15, -0.1) is 0 Å². The smallest absolute Gasteiger partial charge is 0.404 e. The first-order valence-corrected chi connectivity index (χ1v) is 8.04. The third-order valence-corrected chi connectivity index (χ3v) is 3.58. The van der Waals surface area contributed by atoms with E-state index in [9.17, 15) is 14.7 Å². The van der Waals surface area contributed by atoms with Crippen molar-refractivity contribution in [3.8, 4) is 0 Å². The Morgan fingerprint density at radius 3 is 2.58 bits per heavy atom. The number of carbonyl (C=O) groups excluding carboxylic acids is 1. The van der Waals surface area contributed by atoms with Crippen LogP contribution in [0.25, 0.3) is 0 Å². The van der Waals surface area contributed by atoms with Crippen LogP contribution in [0.15, 0.2) is 16.8 Å². The SMILES string of the molecule is CC(C)(C)CCCC[C@H](NC(=O)O)[C@@H](O)C(=O)NCc1ccno1.